The van der Waals surface area contributed by atoms with E-state index in [1.807, 2.05) is 0 Å². The Hall–Kier alpha value is -3.66. The second kappa shape index (κ2) is 9.23. The van der Waals surface area contributed by atoms with Crippen LogP contribution in [0.2, 0.25) is 0 Å². The smallest absolute Gasteiger partial charge is 0.342 e. The van der Waals surface area contributed by atoms with Crippen LogP contribution >= 0.6 is 11.8 Å². The first-order chi connectivity index (χ1) is 14.4. The van der Waals surface area contributed by atoms with Crippen LogP contribution in [0.3, 0.4) is 0 Å². The standard InChI is InChI=1S/C20H18N2O7S/c1-26-13-8-12(9-14(10-13)27-2)18-21-22-20(29-18)30-17(19(24)25)7-11-4-5-15(23)16(6-11)28-3/h4-10,23H,1-3H3,(H,24,25)/b17-7-. The lowest BCUT2D eigenvalue weighted by atomic mass is 10.2. The minimum atomic E-state index is -1.17. The first-order valence-electron chi connectivity index (χ1n) is 8.50. The molecule has 2 aromatic carbocycles. The van der Waals surface area contributed by atoms with Crippen molar-refractivity contribution in [3.8, 4) is 34.5 Å². The van der Waals surface area contributed by atoms with Crippen molar-refractivity contribution >= 4 is 23.8 Å². The lowest BCUT2D eigenvalue weighted by Gasteiger charge is -2.06. The zero-order valence-corrected chi connectivity index (χ0v) is 17.1. The van der Waals surface area contributed by atoms with Crippen LogP contribution in [0.15, 0.2) is 50.9 Å². The average molecular weight is 430 g/mol. The van der Waals surface area contributed by atoms with Crippen molar-refractivity contribution in [3.05, 3.63) is 46.9 Å². The van der Waals surface area contributed by atoms with Gasteiger partial charge in [-0.1, -0.05) is 6.07 Å². The number of hydrogen-bond acceptors (Lipinski definition) is 9. The molecule has 10 heteroatoms. The molecule has 0 aliphatic heterocycles. The number of benzene rings is 2. The predicted octanol–water partition coefficient (Wildman–Crippen LogP) is 3.69. The van der Waals surface area contributed by atoms with Gasteiger partial charge in [-0.25, -0.2) is 4.79 Å². The molecule has 0 amide bonds. The van der Waals surface area contributed by atoms with E-state index < -0.39 is 5.97 Å². The Balaban J connectivity index is 1.88. The number of aliphatic carboxylic acids is 1. The Morgan fingerprint density at radius 2 is 1.73 bits per heavy atom. The summed E-state index contributed by atoms with van der Waals surface area (Å²) in [6.07, 6.45) is 1.41. The van der Waals surface area contributed by atoms with E-state index >= 15 is 0 Å². The predicted molar refractivity (Wildman–Crippen MR) is 109 cm³/mol. The van der Waals surface area contributed by atoms with E-state index in [2.05, 4.69) is 10.2 Å². The Bertz CT molecular complexity index is 1070. The van der Waals surface area contributed by atoms with Gasteiger partial charge in [0.25, 0.3) is 5.22 Å². The first-order valence-corrected chi connectivity index (χ1v) is 9.32. The third-order valence-corrected chi connectivity index (χ3v) is 4.77. The maximum absolute atomic E-state index is 11.7. The summed E-state index contributed by atoms with van der Waals surface area (Å²) in [5.74, 6) is 0.286. The number of carbonyl (C=O) groups is 1. The van der Waals surface area contributed by atoms with E-state index in [9.17, 15) is 15.0 Å². The van der Waals surface area contributed by atoms with Gasteiger partial charge in [0.1, 0.15) is 16.4 Å². The van der Waals surface area contributed by atoms with Crippen LogP contribution < -0.4 is 14.2 Å². The van der Waals surface area contributed by atoms with Gasteiger partial charge in [-0.05, 0) is 47.7 Å². The van der Waals surface area contributed by atoms with E-state index in [1.54, 1.807) is 24.3 Å². The van der Waals surface area contributed by atoms with Crippen molar-refractivity contribution in [2.75, 3.05) is 21.3 Å². The summed E-state index contributed by atoms with van der Waals surface area (Å²) in [6.45, 7) is 0. The van der Waals surface area contributed by atoms with Crippen LogP contribution in [0.1, 0.15) is 5.56 Å². The maximum atomic E-state index is 11.7. The lowest BCUT2D eigenvalue weighted by molar-refractivity contribution is -0.131. The zero-order chi connectivity index (χ0) is 21.7. The fourth-order valence-corrected chi connectivity index (χ4v) is 3.14. The van der Waals surface area contributed by atoms with Gasteiger partial charge in [0, 0.05) is 11.6 Å². The fourth-order valence-electron chi connectivity index (χ4n) is 2.46. The minimum absolute atomic E-state index is 0.0468. The highest BCUT2D eigenvalue weighted by Gasteiger charge is 2.17. The van der Waals surface area contributed by atoms with Gasteiger partial charge >= 0.3 is 5.97 Å². The second-order valence-corrected chi connectivity index (χ2v) is 6.81. The monoisotopic (exact) mass is 430 g/mol. The molecule has 3 rings (SSSR count). The molecular formula is C20H18N2O7S. The molecule has 0 unspecified atom stereocenters. The third-order valence-electron chi connectivity index (χ3n) is 3.91. The van der Waals surface area contributed by atoms with Crippen LogP contribution in [0.4, 0.5) is 0 Å². The van der Waals surface area contributed by atoms with Gasteiger partial charge < -0.3 is 28.8 Å². The Morgan fingerprint density at radius 3 is 2.33 bits per heavy atom. The average Bonchev–Trinajstić information content (AvgIpc) is 3.22. The number of methoxy groups -OCH3 is 3. The number of ether oxygens (including phenoxy) is 3. The molecule has 0 aliphatic carbocycles. The van der Waals surface area contributed by atoms with E-state index in [0.29, 0.717) is 22.6 Å². The van der Waals surface area contributed by atoms with Crippen LogP contribution in [0.25, 0.3) is 17.5 Å². The minimum Gasteiger partial charge on any atom is -0.504 e. The highest BCUT2D eigenvalue weighted by Crippen LogP contribution is 2.34. The van der Waals surface area contributed by atoms with Crippen molar-refractivity contribution in [2.24, 2.45) is 0 Å². The Labute approximate surface area is 175 Å². The molecule has 0 saturated carbocycles. The third kappa shape index (κ3) is 4.84. The first kappa shape index (κ1) is 21.1. The molecule has 1 aromatic heterocycles. The fraction of sp³-hybridized carbons (Fsp3) is 0.150. The number of carboxylic acids is 1. The molecule has 9 nitrogen and oxygen atoms in total. The maximum Gasteiger partial charge on any atom is 0.342 e. The van der Waals surface area contributed by atoms with Crippen LogP contribution in [-0.2, 0) is 4.79 Å². The van der Waals surface area contributed by atoms with Crippen LogP contribution in [-0.4, -0.2) is 47.7 Å². The molecule has 2 N–H and O–H groups in total. The summed E-state index contributed by atoms with van der Waals surface area (Å²) in [5, 5.41) is 27.2. The van der Waals surface area contributed by atoms with Gasteiger partial charge in [0.2, 0.25) is 5.89 Å². The van der Waals surface area contributed by atoms with E-state index in [-0.39, 0.29) is 27.5 Å². The second-order valence-electron chi connectivity index (χ2n) is 5.82. The number of carboxylic acid groups (broad SMARTS) is 1. The topological polar surface area (TPSA) is 124 Å². The SMILES string of the molecule is COc1cc(OC)cc(-c2nnc(S/C(=C\c3ccc(O)c(OC)c3)C(=O)O)o2)c1. The lowest BCUT2D eigenvalue weighted by Crippen LogP contribution is -1.97. The molecule has 0 fully saturated rings. The van der Waals surface area contributed by atoms with Crippen LogP contribution in [0.5, 0.6) is 23.0 Å². The molecular weight excluding hydrogens is 412 g/mol. The number of thioether (sulfide) groups is 1. The Kier molecular flexibility index (Phi) is 6.48. The van der Waals surface area contributed by atoms with E-state index in [1.165, 1.54) is 39.5 Å². The molecule has 0 atom stereocenters. The summed E-state index contributed by atoms with van der Waals surface area (Å²) in [4.78, 5) is 11.6. The molecule has 156 valence electrons. The number of phenolic OH excluding ortho intramolecular Hbond substituents is 1. The number of aromatic nitrogens is 2. The van der Waals surface area contributed by atoms with E-state index in [0.717, 1.165) is 11.8 Å². The summed E-state index contributed by atoms with van der Waals surface area (Å²) < 4.78 is 21.1. The molecule has 0 bridgehead atoms. The van der Waals surface area contributed by atoms with Crippen molar-refractivity contribution in [3.63, 3.8) is 0 Å². The van der Waals surface area contributed by atoms with E-state index in [4.69, 9.17) is 18.6 Å². The highest BCUT2D eigenvalue weighted by atomic mass is 32.2. The molecule has 0 aliphatic rings. The number of hydrogen-bond donors (Lipinski definition) is 2. The molecule has 0 saturated heterocycles. The summed E-state index contributed by atoms with van der Waals surface area (Å²) >= 11 is 0.800. The molecule has 1 heterocycles. The van der Waals surface area contributed by atoms with Gasteiger partial charge in [-0.3, -0.25) is 0 Å². The number of aromatic hydroxyl groups is 1. The van der Waals surface area contributed by atoms with Gasteiger partial charge in [-0.15, -0.1) is 10.2 Å². The summed E-state index contributed by atoms with van der Waals surface area (Å²) in [5.41, 5.74) is 1.08. The van der Waals surface area contributed by atoms with Crippen molar-refractivity contribution in [1.82, 2.24) is 10.2 Å². The molecule has 0 radical (unpaired) electrons. The largest absolute Gasteiger partial charge is 0.504 e. The number of rotatable bonds is 8. The molecule has 0 spiro atoms. The summed E-state index contributed by atoms with van der Waals surface area (Å²) in [6, 6.07) is 9.58. The van der Waals surface area contributed by atoms with Gasteiger partial charge in [-0.2, -0.15) is 0 Å². The molecule has 30 heavy (non-hydrogen) atoms. The highest BCUT2D eigenvalue weighted by molar-refractivity contribution is 8.03. The number of nitrogens with zero attached hydrogens (tertiary/aromatic N) is 2. The van der Waals surface area contributed by atoms with Crippen molar-refractivity contribution < 1.29 is 33.6 Å². The zero-order valence-electron chi connectivity index (χ0n) is 16.3. The molecule has 3 aromatic rings. The van der Waals surface area contributed by atoms with Crippen molar-refractivity contribution in [2.45, 2.75) is 5.22 Å². The van der Waals surface area contributed by atoms with Gasteiger partial charge in [0.05, 0.1) is 21.3 Å². The number of phenols is 1. The normalized spacial score (nSPS) is 11.2. The summed E-state index contributed by atoms with van der Waals surface area (Å²) in [7, 11) is 4.45. The van der Waals surface area contributed by atoms with Crippen LogP contribution in [0, 0.1) is 0 Å². The Morgan fingerprint density at radius 1 is 1.03 bits per heavy atom. The van der Waals surface area contributed by atoms with Gasteiger partial charge in [0.15, 0.2) is 11.5 Å². The van der Waals surface area contributed by atoms with Crippen molar-refractivity contribution in [1.29, 1.82) is 0 Å². The quantitative estimate of drug-likeness (QED) is 0.404.